The van der Waals surface area contributed by atoms with Crippen LogP contribution in [0.3, 0.4) is 0 Å². The molecule has 1 fully saturated rings. The molecular formula is C23H23Cl3N4O2. The lowest BCUT2D eigenvalue weighted by Gasteiger charge is -2.30. The van der Waals surface area contributed by atoms with Crippen LogP contribution in [0.4, 0.5) is 0 Å². The molecule has 5 rings (SSSR count). The van der Waals surface area contributed by atoms with Gasteiger partial charge < -0.3 is 9.84 Å². The minimum atomic E-state index is -0.323. The van der Waals surface area contributed by atoms with Gasteiger partial charge in [-0.05, 0) is 62.6 Å². The molecule has 0 unspecified atom stereocenters. The summed E-state index contributed by atoms with van der Waals surface area (Å²) in [5, 5.41) is 20.0. The predicted molar refractivity (Wildman–Crippen MR) is 125 cm³/mol. The fraction of sp³-hybridized carbons (Fsp3) is 0.391. The average molecular weight is 494 g/mol. The minimum Gasteiger partial charge on any atom is -0.482 e. The highest BCUT2D eigenvalue weighted by atomic mass is 35.5. The second-order valence-corrected chi connectivity index (χ2v) is 9.70. The maximum Gasteiger partial charge on any atom is 0.140 e. The quantitative estimate of drug-likeness (QED) is 0.557. The summed E-state index contributed by atoms with van der Waals surface area (Å²) in [6, 6.07) is 9.40. The zero-order valence-corrected chi connectivity index (χ0v) is 20.0. The van der Waals surface area contributed by atoms with Gasteiger partial charge in [0, 0.05) is 28.7 Å². The molecule has 0 amide bonds. The molecular weight excluding hydrogens is 471 g/mol. The van der Waals surface area contributed by atoms with Gasteiger partial charge in [0.25, 0.3) is 0 Å². The molecule has 3 aromatic rings. The van der Waals surface area contributed by atoms with Crippen molar-refractivity contribution in [1.29, 1.82) is 0 Å². The third kappa shape index (κ3) is 3.88. The molecule has 0 saturated carbocycles. The monoisotopic (exact) mass is 492 g/mol. The predicted octanol–water partition coefficient (Wildman–Crippen LogP) is 4.96. The number of nitrogens with zero attached hydrogens (tertiary/aromatic N) is 4. The second kappa shape index (κ2) is 8.50. The first-order chi connectivity index (χ1) is 15.3. The fourth-order valence-corrected chi connectivity index (χ4v) is 5.66. The zero-order chi connectivity index (χ0) is 22.6. The van der Waals surface area contributed by atoms with Gasteiger partial charge in [0.05, 0.1) is 22.9 Å². The van der Waals surface area contributed by atoms with Crippen LogP contribution in [-0.4, -0.2) is 50.0 Å². The van der Waals surface area contributed by atoms with Gasteiger partial charge in [0.15, 0.2) is 0 Å². The summed E-state index contributed by atoms with van der Waals surface area (Å²) < 4.78 is 8.46. The van der Waals surface area contributed by atoms with Crippen LogP contribution >= 0.6 is 34.8 Å². The number of rotatable bonds is 4. The van der Waals surface area contributed by atoms with E-state index in [1.807, 2.05) is 42.7 Å². The van der Waals surface area contributed by atoms with Crippen LogP contribution in [0.5, 0.6) is 5.75 Å². The van der Waals surface area contributed by atoms with E-state index >= 15 is 0 Å². The van der Waals surface area contributed by atoms with E-state index < -0.39 is 0 Å². The Kier molecular flexibility index (Phi) is 5.84. The summed E-state index contributed by atoms with van der Waals surface area (Å²) in [4.78, 5) is 2.27. The normalized spacial score (nSPS) is 23.0. The molecule has 0 radical (unpaired) electrons. The number of aliphatic hydroxyl groups is 1. The zero-order valence-electron chi connectivity index (χ0n) is 17.7. The average Bonchev–Trinajstić information content (AvgIpc) is 3.41. The van der Waals surface area contributed by atoms with Crippen molar-refractivity contribution in [3.8, 4) is 11.4 Å². The van der Waals surface area contributed by atoms with Gasteiger partial charge in [-0.15, -0.1) is 10.2 Å². The van der Waals surface area contributed by atoms with E-state index in [2.05, 4.69) is 15.1 Å². The number of likely N-dealkylation sites (tertiary alicyclic amines) is 1. The first-order valence-electron chi connectivity index (χ1n) is 10.6. The Balaban J connectivity index is 1.50. The third-order valence-electron chi connectivity index (χ3n) is 6.34. The number of aromatic nitrogens is 3. The van der Waals surface area contributed by atoms with Crippen LogP contribution in [0.1, 0.15) is 35.3 Å². The molecule has 9 heteroatoms. The van der Waals surface area contributed by atoms with E-state index in [1.165, 1.54) is 0 Å². The topological polar surface area (TPSA) is 63.4 Å². The van der Waals surface area contributed by atoms with Gasteiger partial charge in [-0.25, -0.2) is 0 Å². The number of aryl methyl sites for hydroxylation is 2. The number of halogens is 3. The Morgan fingerprint density at radius 1 is 1.03 bits per heavy atom. The summed E-state index contributed by atoms with van der Waals surface area (Å²) in [5.41, 5.74) is 2.88. The van der Waals surface area contributed by atoms with E-state index in [9.17, 15) is 5.11 Å². The standard InChI is InChI=1S/C23H23Cl3N4O2/c1-12-27-28-13(2)30(12)15-3-4-22(20(26)9-15)32-23-18-7-14(24)8-19(25)17(18)10-21(23)29-6-5-16(31)11-29/h3-4,7-9,16,21,23,31H,5-6,10-11H2,1-2H3/t16-,21+,23+/m1/s1. The first-order valence-corrected chi connectivity index (χ1v) is 11.7. The number of hydrogen-bond acceptors (Lipinski definition) is 5. The highest BCUT2D eigenvalue weighted by Gasteiger charge is 2.41. The Bertz CT molecular complexity index is 1160. The third-order valence-corrected chi connectivity index (χ3v) is 7.19. The van der Waals surface area contributed by atoms with Crippen molar-refractivity contribution in [2.45, 2.75) is 44.9 Å². The molecule has 32 heavy (non-hydrogen) atoms. The summed E-state index contributed by atoms with van der Waals surface area (Å²) in [6.45, 7) is 5.22. The first kappa shape index (κ1) is 22.0. The number of aliphatic hydroxyl groups excluding tert-OH is 1. The van der Waals surface area contributed by atoms with Crippen molar-refractivity contribution >= 4 is 34.8 Å². The molecule has 168 valence electrons. The molecule has 1 N–H and O–H groups in total. The lowest BCUT2D eigenvalue weighted by atomic mass is 10.1. The Labute approximate surface area is 201 Å². The Hall–Kier alpha value is -1.83. The highest BCUT2D eigenvalue weighted by molar-refractivity contribution is 6.35. The molecule has 0 bridgehead atoms. The molecule has 3 atom stereocenters. The Morgan fingerprint density at radius 3 is 2.44 bits per heavy atom. The lowest BCUT2D eigenvalue weighted by Crippen LogP contribution is -2.39. The molecule has 2 heterocycles. The van der Waals surface area contributed by atoms with E-state index in [0.717, 1.165) is 47.8 Å². The van der Waals surface area contributed by atoms with Crippen molar-refractivity contribution in [2.75, 3.05) is 13.1 Å². The summed E-state index contributed by atoms with van der Waals surface area (Å²) >= 11 is 19.5. The lowest BCUT2D eigenvalue weighted by molar-refractivity contribution is 0.0819. The smallest absolute Gasteiger partial charge is 0.140 e. The van der Waals surface area contributed by atoms with Crippen molar-refractivity contribution in [1.82, 2.24) is 19.7 Å². The van der Waals surface area contributed by atoms with Crippen molar-refractivity contribution in [3.05, 3.63) is 68.2 Å². The largest absolute Gasteiger partial charge is 0.482 e. The number of fused-ring (bicyclic) bond motifs is 1. The summed E-state index contributed by atoms with van der Waals surface area (Å²) in [6.07, 6.45) is 0.864. The van der Waals surface area contributed by atoms with Crippen molar-refractivity contribution in [2.24, 2.45) is 0 Å². The van der Waals surface area contributed by atoms with Gasteiger partial charge >= 0.3 is 0 Å². The van der Waals surface area contributed by atoms with E-state index in [0.29, 0.717) is 27.4 Å². The number of β-amino-alcohol motifs (C(OH)–C–C–N with tert-alkyl or cyclic N) is 1. The van der Waals surface area contributed by atoms with Gasteiger partial charge in [0.2, 0.25) is 0 Å². The molecule has 2 aromatic carbocycles. The second-order valence-electron chi connectivity index (χ2n) is 8.45. The minimum absolute atomic E-state index is 0.0381. The number of benzene rings is 2. The van der Waals surface area contributed by atoms with Crippen LogP contribution in [0.15, 0.2) is 30.3 Å². The van der Waals surface area contributed by atoms with E-state index in [4.69, 9.17) is 39.5 Å². The summed E-state index contributed by atoms with van der Waals surface area (Å²) in [5.74, 6) is 2.15. The molecule has 0 spiro atoms. The maximum atomic E-state index is 10.1. The van der Waals surface area contributed by atoms with Gasteiger partial charge in [-0.1, -0.05) is 34.8 Å². The summed E-state index contributed by atoms with van der Waals surface area (Å²) in [7, 11) is 0. The van der Waals surface area contributed by atoms with Crippen LogP contribution in [-0.2, 0) is 6.42 Å². The van der Waals surface area contributed by atoms with E-state index in [-0.39, 0.29) is 18.2 Å². The van der Waals surface area contributed by atoms with Gasteiger partial charge in [0.1, 0.15) is 23.5 Å². The molecule has 1 aromatic heterocycles. The maximum absolute atomic E-state index is 10.1. The van der Waals surface area contributed by atoms with Crippen molar-refractivity contribution in [3.63, 3.8) is 0 Å². The SMILES string of the molecule is Cc1nnc(C)n1-c1ccc(O[C@H]2c3cc(Cl)cc(Cl)c3C[C@@H]2N2CC[C@@H](O)C2)c(Cl)c1. The molecule has 1 saturated heterocycles. The van der Waals surface area contributed by atoms with Crippen molar-refractivity contribution < 1.29 is 9.84 Å². The fourth-order valence-electron chi connectivity index (χ4n) is 4.85. The van der Waals surface area contributed by atoms with Crippen LogP contribution in [0.25, 0.3) is 5.69 Å². The molecule has 1 aliphatic heterocycles. The molecule has 6 nitrogen and oxygen atoms in total. The van der Waals surface area contributed by atoms with Crippen LogP contribution < -0.4 is 4.74 Å². The van der Waals surface area contributed by atoms with Crippen LogP contribution in [0, 0.1) is 13.8 Å². The van der Waals surface area contributed by atoms with Gasteiger partial charge in [-0.3, -0.25) is 9.47 Å². The highest BCUT2D eigenvalue weighted by Crippen LogP contribution is 2.44. The van der Waals surface area contributed by atoms with Crippen LogP contribution in [0.2, 0.25) is 15.1 Å². The number of ether oxygens (including phenoxy) is 1. The number of hydrogen-bond donors (Lipinski definition) is 1. The van der Waals surface area contributed by atoms with E-state index in [1.54, 1.807) is 6.07 Å². The molecule has 1 aliphatic carbocycles. The van der Waals surface area contributed by atoms with Gasteiger partial charge in [-0.2, -0.15) is 0 Å². The molecule has 2 aliphatic rings. The Morgan fingerprint density at radius 2 is 1.78 bits per heavy atom.